The highest BCUT2D eigenvalue weighted by molar-refractivity contribution is 5.70. The third-order valence-corrected chi connectivity index (χ3v) is 3.01. The number of rotatable bonds is 2. The van der Waals surface area contributed by atoms with Crippen molar-refractivity contribution >= 4 is 5.97 Å². The Hall–Kier alpha value is -0.530. The maximum atomic E-state index is 11.6. The van der Waals surface area contributed by atoms with Gasteiger partial charge >= 0.3 is 5.97 Å². The minimum Gasteiger partial charge on any atom is -0.460 e. The standard InChI is InChI=1S/C13H24O2/c1-10-5-7-11(8-6-10)9-12(14)15-13(2,3)4/h10-11H,5-9H2,1-4H3. The molecule has 0 aromatic carbocycles. The fraction of sp³-hybridized carbons (Fsp3) is 0.923. The molecule has 0 spiro atoms. The van der Waals surface area contributed by atoms with Crippen molar-refractivity contribution in [2.45, 2.75) is 65.4 Å². The van der Waals surface area contributed by atoms with Crippen molar-refractivity contribution < 1.29 is 9.53 Å². The first-order chi connectivity index (χ1) is 6.87. The molecule has 1 aliphatic rings. The second-order valence-corrected chi connectivity index (χ2v) is 5.92. The van der Waals surface area contributed by atoms with Crippen LogP contribution in [0.5, 0.6) is 0 Å². The summed E-state index contributed by atoms with van der Waals surface area (Å²) in [6.07, 6.45) is 5.55. The van der Waals surface area contributed by atoms with Gasteiger partial charge in [0.1, 0.15) is 5.60 Å². The molecule has 0 atom stereocenters. The molecule has 15 heavy (non-hydrogen) atoms. The monoisotopic (exact) mass is 212 g/mol. The summed E-state index contributed by atoms with van der Waals surface area (Å²) in [6.45, 7) is 8.07. The molecule has 0 amide bonds. The van der Waals surface area contributed by atoms with Crippen LogP contribution in [0.15, 0.2) is 0 Å². The molecule has 0 aromatic rings. The highest BCUT2D eigenvalue weighted by Gasteiger charge is 2.23. The molecular weight excluding hydrogens is 188 g/mol. The highest BCUT2D eigenvalue weighted by Crippen LogP contribution is 2.30. The van der Waals surface area contributed by atoms with Crippen molar-refractivity contribution in [3.05, 3.63) is 0 Å². The molecule has 0 aliphatic heterocycles. The van der Waals surface area contributed by atoms with E-state index >= 15 is 0 Å². The molecule has 0 heterocycles. The molecule has 2 heteroatoms. The molecule has 2 nitrogen and oxygen atoms in total. The lowest BCUT2D eigenvalue weighted by Gasteiger charge is -2.27. The van der Waals surface area contributed by atoms with Crippen LogP contribution in [-0.2, 0) is 9.53 Å². The molecule has 0 aromatic heterocycles. The topological polar surface area (TPSA) is 26.3 Å². The molecule has 0 bridgehead atoms. The van der Waals surface area contributed by atoms with Gasteiger partial charge in [0.2, 0.25) is 0 Å². The third kappa shape index (κ3) is 5.19. The Bertz CT molecular complexity index is 207. The number of esters is 1. The largest absolute Gasteiger partial charge is 0.460 e. The van der Waals surface area contributed by atoms with E-state index in [2.05, 4.69) is 6.92 Å². The predicted octanol–water partition coefficient (Wildman–Crippen LogP) is 3.54. The summed E-state index contributed by atoms with van der Waals surface area (Å²) in [6, 6.07) is 0. The van der Waals surface area contributed by atoms with Gasteiger partial charge in [-0.2, -0.15) is 0 Å². The van der Waals surface area contributed by atoms with E-state index in [1.807, 2.05) is 20.8 Å². The van der Waals surface area contributed by atoms with Gasteiger partial charge in [-0.25, -0.2) is 0 Å². The molecule has 1 saturated carbocycles. The van der Waals surface area contributed by atoms with Gasteiger partial charge < -0.3 is 4.74 Å². The zero-order valence-electron chi connectivity index (χ0n) is 10.5. The Labute approximate surface area is 93.4 Å². The Morgan fingerprint density at radius 3 is 2.20 bits per heavy atom. The smallest absolute Gasteiger partial charge is 0.306 e. The van der Waals surface area contributed by atoms with Crippen molar-refractivity contribution in [1.82, 2.24) is 0 Å². The van der Waals surface area contributed by atoms with Gasteiger partial charge in [-0.3, -0.25) is 4.79 Å². The van der Waals surface area contributed by atoms with E-state index in [4.69, 9.17) is 4.74 Å². The van der Waals surface area contributed by atoms with Crippen molar-refractivity contribution in [2.24, 2.45) is 11.8 Å². The van der Waals surface area contributed by atoms with Crippen LogP contribution < -0.4 is 0 Å². The van der Waals surface area contributed by atoms with Crippen molar-refractivity contribution in [3.8, 4) is 0 Å². The minimum absolute atomic E-state index is 0.0259. The molecule has 1 aliphatic carbocycles. The Kier molecular flexibility index (Phi) is 4.18. The molecule has 0 unspecified atom stereocenters. The molecule has 88 valence electrons. The normalized spacial score (nSPS) is 27.5. The maximum absolute atomic E-state index is 11.6. The van der Waals surface area contributed by atoms with E-state index in [1.54, 1.807) is 0 Å². The van der Waals surface area contributed by atoms with E-state index in [0.29, 0.717) is 12.3 Å². The second kappa shape index (κ2) is 5.00. The van der Waals surface area contributed by atoms with Crippen LogP contribution >= 0.6 is 0 Å². The summed E-state index contributed by atoms with van der Waals surface area (Å²) < 4.78 is 5.33. The van der Waals surface area contributed by atoms with Gasteiger partial charge in [0.15, 0.2) is 0 Å². The quantitative estimate of drug-likeness (QED) is 0.654. The minimum atomic E-state index is -0.334. The Balaban J connectivity index is 2.27. The lowest BCUT2D eigenvalue weighted by molar-refractivity contribution is -0.156. The zero-order valence-corrected chi connectivity index (χ0v) is 10.5. The van der Waals surface area contributed by atoms with Gasteiger partial charge in [-0.1, -0.05) is 19.8 Å². The highest BCUT2D eigenvalue weighted by atomic mass is 16.6. The van der Waals surface area contributed by atoms with Gasteiger partial charge in [0, 0.05) is 6.42 Å². The van der Waals surface area contributed by atoms with E-state index < -0.39 is 0 Å². The first kappa shape index (κ1) is 12.5. The summed E-state index contributed by atoms with van der Waals surface area (Å²) in [4.78, 5) is 11.6. The summed E-state index contributed by atoms with van der Waals surface area (Å²) >= 11 is 0. The Morgan fingerprint density at radius 1 is 1.20 bits per heavy atom. The number of carbonyl (C=O) groups excluding carboxylic acids is 1. The van der Waals surface area contributed by atoms with E-state index in [1.165, 1.54) is 25.7 Å². The van der Waals surface area contributed by atoms with Crippen LogP contribution in [0.25, 0.3) is 0 Å². The van der Waals surface area contributed by atoms with Crippen LogP contribution in [-0.4, -0.2) is 11.6 Å². The maximum Gasteiger partial charge on any atom is 0.306 e. The lowest BCUT2D eigenvalue weighted by Crippen LogP contribution is -2.26. The van der Waals surface area contributed by atoms with E-state index in [0.717, 1.165) is 5.92 Å². The van der Waals surface area contributed by atoms with Gasteiger partial charge in [0.25, 0.3) is 0 Å². The second-order valence-electron chi connectivity index (χ2n) is 5.92. The summed E-state index contributed by atoms with van der Waals surface area (Å²) in [5.41, 5.74) is -0.334. The number of hydrogen-bond donors (Lipinski definition) is 0. The number of hydrogen-bond acceptors (Lipinski definition) is 2. The number of carbonyl (C=O) groups is 1. The summed E-state index contributed by atoms with van der Waals surface area (Å²) in [5, 5.41) is 0. The van der Waals surface area contributed by atoms with Crippen molar-refractivity contribution in [1.29, 1.82) is 0 Å². The van der Waals surface area contributed by atoms with Gasteiger partial charge in [0.05, 0.1) is 0 Å². The first-order valence-corrected chi connectivity index (χ1v) is 6.08. The van der Waals surface area contributed by atoms with Crippen LogP contribution in [0.1, 0.15) is 59.8 Å². The molecule has 1 fully saturated rings. The van der Waals surface area contributed by atoms with E-state index in [-0.39, 0.29) is 11.6 Å². The van der Waals surface area contributed by atoms with Crippen LogP contribution in [0.4, 0.5) is 0 Å². The SMILES string of the molecule is CC1CCC(CC(=O)OC(C)(C)C)CC1. The van der Waals surface area contributed by atoms with Crippen LogP contribution in [0.3, 0.4) is 0 Å². The average Bonchev–Trinajstić information content (AvgIpc) is 2.05. The fourth-order valence-electron chi connectivity index (χ4n) is 2.15. The van der Waals surface area contributed by atoms with Crippen LogP contribution in [0, 0.1) is 11.8 Å². The molecule has 1 rings (SSSR count). The molecule has 0 radical (unpaired) electrons. The van der Waals surface area contributed by atoms with Crippen molar-refractivity contribution in [3.63, 3.8) is 0 Å². The fourth-order valence-corrected chi connectivity index (χ4v) is 2.15. The third-order valence-electron chi connectivity index (χ3n) is 3.01. The number of ether oxygens (including phenoxy) is 1. The lowest BCUT2D eigenvalue weighted by atomic mass is 9.81. The molecule has 0 N–H and O–H groups in total. The van der Waals surface area contributed by atoms with Gasteiger partial charge in [-0.05, 0) is 45.4 Å². The first-order valence-electron chi connectivity index (χ1n) is 6.08. The van der Waals surface area contributed by atoms with Crippen molar-refractivity contribution in [2.75, 3.05) is 0 Å². The van der Waals surface area contributed by atoms with Gasteiger partial charge in [-0.15, -0.1) is 0 Å². The summed E-state index contributed by atoms with van der Waals surface area (Å²) in [5.74, 6) is 1.39. The zero-order chi connectivity index (χ0) is 11.5. The summed E-state index contributed by atoms with van der Waals surface area (Å²) in [7, 11) is 0. The molecule has 0 saturated heterocycles. The van der Waals surface area contributed by atoms with Crippen LogP contribution in [0.2, 0.25) is 0 Å². The predicted molar refractivity (Wildman–Crippen MR) is 61.6 cm³/mol. The van der Waals surface area contributed by atoms with E-state index in [9.17, 15) is 4.79 Å². The molecular formula is C13H24O2. The average molecular weight is 212 g/mol. The Morgan fingerprint density at radius 2 is 1.73 bits per heavy atom.